The Bertz CT molecular complexity index is 1030. The minimum Gasteiger partial charge on any atom is -0.378 e. The number of carbonyl (C=O) groups excluding carboxylic acids is 1. The monoisotopic (exact) mass is 447 g/mol. The van der Waals surface area contributed by atoms with E-state index in [4.69, 9.17) is 0 Å². The summed E-state index contributed by atoms with van der Waals surface area (Å²) in [5.74, 6) is 0.909. The predicted octanol–water partition coefficient (Wildman–Crippen LogP) is 4.23. The third-order valence-corrected chi connectivity index (χ3v) is 6.60. The number of anilines is 2. The molecule has 1 fully saturated rings. The van der Waals surface area contributed by atoms with E-state index in [0.717, 1.165) is 46.4 Å². The topological polar surface area (TPSA) is 61.4 Å². The lowest BCUT2D eigenvalue weighted by Gasteiger charge is -2.33. The van der Waals surface area contributed by atoms with E-state index in [2.05, 4.69) is 61.5 Å². The highest BCUT2D eigenvalue weighted by molar-refractivity contribution is 7.99. The molecule has 3 aromatic rings. The summed E-state index contributed by atoms with van der Waals surface area (Å²) in [7, 11) is 4.04. The minimum absolute atomic E-state index is 0.0543. The van der Waals surface area contributed by atoms with Gasteiger partial charge < -0.3 is 15.1 Å². The molecule has 0 saturated carbocycles. The SMILES string of the molecule is CN(C)c1ccc(CNC(=O)C2CCCN(c3nccnc3Sc3ccccc3)C2)cc1. The summed E-state index contributed by atoms with van der Waals surface area (Å²) in [5.41, 5.74) is 2.25. The number of piperidine rings is 1. The lowest BCUT2D eigenvalue weighted by Crippen LogP contribution is -2.43. The standard InChI is InChI=1S/C25H29N5OS/c1-29(2)21-12-10-19(11-13-21)17-28-24(31)20-7-6-16-30(18-20)23-25(27-15-14-26-23)32-22-8-4-3-5-9-22/h3-5,8-15,20H,6-7,16-18H2,1-2H3,(H,28,31). The predicted molar refractivity (Wildman–Crippen MR) is 130 cm³/mol. The van der Waals surface area contributed by atoms with Crippen LogP contribution in [0.3, 0.4) is 0 Å². The number of hydrogen-bond donors (Lipinski definition) is 1. The zero-order valence-corrected chi connectivity index (χ0v) is 19.4. The Morgan fingerprint density at radius 3 is 2.59 bits per heavy atom. The van der Waals surface area contributed by atoms with Gasteiger partial charge in [-0.3, -0.25) is 4.79 Å². The fourth-order valence-electron chi connectivity index (χ4n) is 3.84. The largest absolute Gasteiger partial charge is 0.378 e. The fraction of sp³-hybridized carbons (Fsp3) is 0.320. The molecule has 1 atom stereocenters. The van der Waals surface area contributed by atoms with E-state index in [0.29, 0.717) is 13.1 Å². The maximum Gasteiger partial charge on any atom is 0.225 e. The van der Waals surface area contributed by atoms with Crippen LogP contribution in [0.25, 0.3) is 0 Å². The molecule has 0 bridgehead atoms. The zero-order valence-electron chi connectivity index (χ0n) is 18.6. The van der Waals surface area contributed by atoms with Gasteiger partial charge in [0.1, 0.15) is 5.03 Å². The highest BCUT2D eigenvalue weighted by Gasteiger charge is 2.28. The van der Waals surface area contributed by atoms with Crippen LogP contribution in [0, 0.1) is 5.92 Å². The molecule has 1 aliphatic rings. The number of hydrogen-bond acceptors (Lipinski definition) is 6. The summed E-state index contributed by atoms with van der Waals surface area (Å²) in [4.78, 5) is 27.5. The molecule has 6 nitrogen and oxygen atoms in total. The van der Waals surface area contributed by atoms with Gasteiger partial charge in [0.15, 0.2) is 5.82 Å². The molecule has 32 heavy (non-hydrogen) atoms. The van der Waals surface area contributed by atoms with Gasteiger partial charge in [-0.15, -0.1) is 0 Å². The molecule has 0 radical (unpaired) electrons. The second-order valence-corrected chi connectivity index (χ2v) is 9.23. The number of benzene rings is 2. The van der Waals surface area contributed by atoms with Crippen LogP contribution in [0.15, 0.2) is 76.9 Å². The molecule has 0 aliphatic carbocycles. The fourth-order valence-corrected chi connectivity index (χ4v) is 4.74. The second-order valence-electron chi connectivity index (χ2n) is 8.16. The van der Waals surface area contributed by atoms with E-state index in [-0.39, 0.29) is 11.8 Å². The average Bonchev–Trinajstić information content (AvgIpc) is 2.84. The van der Waals surface area contributed by atoms with Crippen LogP contribution >= 0.6 is 11.8 Å². The summed E-state index contributed by atoms with van der Waals surface area (Å²) in [6.07, 6.45) is 5.31. The Hall–Kier alpha value is -3.06. The van der Waals surface area contributed by atoms with Crippen LogP contribution in [0.1, 0.15) is 18.4 Å². The molecular weight excluding hydrogens is 418 g/mol. The second kappa shape index (κ2) is 10.5. The molecule has 2 aromatic carbocycles. The van der Waals surface area contributed by atoms with Crippen molar-refractivity contribution in [2.45, 2.75) is 29.3 Å². The molecule has 1 unspecified atom stereocenters. The lowest BCUT2D eigenvalue weighted by molar-refractivity contribution is -0.125. The molecule has 1 aliphatic heterocycles. The first kappa shape index (κ1) is 22.1. The van der Waals surface area contributed by atoms with Gasteiger partial charge in [0.25, 0.3) is 0 Å². The lowest BCUT2D eigenvalue weighted by atomic mass is 9.97. The van der Waals surface area contributed by atoms with Gasteiger partial charge in [0.2, 0.25) is 5.91 Å². The van der Waals surface area contributed by atoms with Crippen molar-refractivity contribution in [3.8, 4) is 0 Å². The summed E-state index contributed by atoms with van der Waals surface area (Å²) in [6.45, 7) is 2.09. The van der Waals surface area contributed by atoms with E-state index < -0.39 is 0 Å². The Labute approximate surface area is 194 Å². The smallest absolute Gasteiger partial charge is 0.225 e. The van der Waals surface area contributed by atoms with Gasteiger partial charge in [0, 0.05) is 56.7 Å². The number of nitrogens with zero attached hydrogens (tertiary/aromatic N) is 4. The summed E-state index contributed by atoms with van der Waals surface area (Å²) < 4.78 is 0. The van der Waals surface area contributed by atoms with Crippen LogP contribution < -0.4 is 15.1 Å². The number of amides is 1. The quantitative estimate of drug-likeness (QED) is 0.585. The van der Waals surface area contributed by atoms with Gasteiger partial charge in [-0.2, -0.15) is 0 Å². The van der Waals surface area contributed by atoms with Crippen LogP contribution in [0.2, 0.25) is 0 Å². The highest BCUT2D eigenvalue weighted by Crippen LogP contribution is 2.33. The highest BCUT2D eigenvalue weighted by atomic mass is 32.2. The van der Waals surface area contributed by atoms with Crippen molar-refractivity contribution in [3.63, 3.8) is 0 Å². The Balaban J connectivity index is 1.38. The first-order valence-electron chi connectivity index (χ1n) is 10.9. The molecule has 2 heterocycles. The Morgan fingerprint density at radius 1 is 1.09 bits per heavy atom. The first-order valence-corrected chi connectivity index (χ1v) is 11.7. The summed E-state index contributed by atoms with van der Waals surface area (Å²) in [5, 5.41) is 4.00. The van der Waals surface area contributed by atoms with Crippen molar-refractivity contribution in [2.24, 2.45) is 5.92 Å². The van der Waals surface area contributed by atoms with Crippen LogP contribution in [-0.2, 0) is 11.3 Å². The van der Waals surface area contributed by atoms with Crippen LogP contribution in [0.4, 0.5) is 11.5 Å². The first-order chi connectivity index (χ1) is 15.6. The Kier molecular flexibility index (Phi) is 7.27. The molecule has 1 N–H and O–H groups in total. The molecule has 1 amide bonds. The van der Waals surface area contributed by atoms with Crippen molar-refractivity contribution in [3.05, 3.63) is 72.6 Å². The van der Waals surface area contributed by atoms with Crippen molar-refractivity contribution >= 4 is 29.2 Å². The molecule has 1 saturated heterocycles. The third-order valence-electron chi connectivity index (χ3n) is 5.62. The van der Waals surface area contributed by atoms with Crippen LogP contribution in [-0.4, -0.2) is 43.1 Å². The molecule has 7 heteroatoms. The number of aromatic nitrogens is 2. The number of nitrogens with one attached hydrogen (secondary N) is 1. The molecule has 1 aromatic heterocycles. The summed E-state index contributed by atoms with van der Waals surface area (Å²) >= 11 is 1.61. The summed E-state index contributed by atoms with van der Waals surface area (Å²) in [6, 6.07) is 18.5. The molecule has 0 spiro atoms. The minimum atomic E-state index is -0.0543. The van der Waals surface area contributed by atoms with E-state index >= 15 is 0 Å². The van der Waals surface area contributed by atoms with Crippen molar-refractivity contribution < 1.29 is 4.79 Å². The van der Waals surface area contributed by atoms with Gasteiger partial charge in [0.05, 0.1) is 5.92 Å². The van der Waals surface area contributed by atoms with Crippen LogP contribution in [0.5, 0.6) is 0 Å². The number of carbonyl (C=O) groups is 1. The van der Waals surface area contributed by atoms with Gasteiger partial charge >= 0.3 is 0 Å². The maximum atomic E-state index is 12.9. The Morgan fingerprint density at radius 2 is 1.84 bits per heavy atom. The third kappa shape index (κ3) is 5.59. The van der Waals surface area contributed by atoms with Crippen molar-refractivity contribution in [2.75, 3.05) is 37.0 Å². The van der Waals surface area contributed by atoms with E-state index in [1.54, 1.807) is 24.2 Å². The zero-order chi connectivity index (χ0) is 22.3. The normalized spacial score (nSPS) is 15.9. The molecular formula is C25H29N5OS. The van der Waals surface area contributed by atoms with E-state index in [1.165, 1.54) is 0 Å². The molecule has 4 rings (SSSR count). The maximum absolute atomic E-state index is 12.9. The molecule has 166 valence electrons. The van der Waals surface area contributed by atoms with Crippen molar-refractivity contribution in [1.82, 2.24) is 15.3 Å². The van der Waals surface area contributed by atoms with Gasteiger partial charge in [-0.05, 0) is 42.7 Å². The average molecular weight is 448 g/mol. The van der Waals surface area contributed by atoms with E-state index in [1.807, 2.05) is 32.3 Å². The van der Waals surface area contributed by atoms with Crippen molar-refractivity contribution in [1.29, 1.82) is 0 Å². The van der Waals surface area contributed by atoms with Gasteiger partial charge in [-0.1, -0.05) is 42.1 Å². The van der Waals surface area contributed by atoms with E-state index in [9.17, 15) is 4.79 Å². The number of rotatable bonds is 7. The van der Waals surface area contributed by atoms with Gasteiger partial charge in [-0.25, -0.2) is 9.97 Å².